The van der Waals surface area contributed by atoms with Crippen LogP contribution in [-0.4, -0.2) is 31.6 Å². The van der Waals surface area contributed by atoms with Gasteiger partial charge in [-0.25, -0.2) is 0 Å². The Kier molecular flexibility index (Phi) is 5.79. The van der Waals surface area contributed by atoms with Gasteiger partial charge in [-0.05, 0) is 49.6 Å². The number of ether oxygens (including phenoxy) is 2. The van der Waals surface area contributed by atoms with Crippen molar-refractivity contribution in [3.8, 4) is 5.75 Å². The first-order chi connectivity index (χ1) is 13.0. The summed E-state index contributed by atoms with van der Waals surface area (Å²) >= 11 is 0. The van der Waals surface area contributed by atoms with Crippen molar-refractivity contribution in [2.75, 3.05) is 18.6 Å². The van der Waals surface area contributed by atoms with Gasteiger partial charge in [0, 0.05) is 11.7 Å². The van der Waals surface area contributed by atoms with Crippen LogP contribution < -0.4 is 9.64 Å². The quantitative estimate of drug-likeness (QED) is 0.756. The first kappa shape index (κ1) is 19.0. The minimum absolute atomic E-state index is 0.0161. The summed E-state index contributed by atoms with van der Waals surface area (Å²) < 4.78 is 10.4. The van der Waals surface area contributed by atoms with Crippen LogP contribution in [0.5, 0.6) is 5.75 Å². The monoisotopic (exact) mass is 367 g/mol. The molecule has 0 bridgehead atoms. The number of carbonyl (C=O) groups is 2. The van der Waals surface area contributed by atoms with Crippen LogP contribution in [0.3, 0.4) is 0 Å². The first-order valence-corrected chi connectivity index (χ1v) is 9.25. The molecule has 0 saturated heterocycles. The summed E-state index contributed by atoms with van der Waals surface area (Å²) in [4.78, 5) is 27.1. The summed E-state index contributed by atoms with van der Waals surface area (Å²) in [6.45, 7) is 4.53. The van der Waals surface area contributed by atoms with E-state index in [0.717, 1.165) is 22.6 Å². The van der Waals surface area contributed by atoms with E-state index in [1.165, 1.54) is 7.11 Å². The zero-order valence-electron chi connectivity index (χ0n) is 16.0. The average molecular weight is 367 g/mol. The van der Waals surface area contributed by atoms with E-state index in [-0.39, 0.29) is 23.8 Å². The molecule has 0 aromatic heterocycles. The molecular weight excluding hydrogens is 342 g/mol. The summed E-state index contributed by atoms with van der Waals surface area (Å²) in [6.07, 6.45) is 0.854. The molecule has 5 nitrogen and oxygen atoms in total. The normalized spacial score (nSPS) is 18.6. The molecule has 2 atom stereocenters. The van der Waals surface area contributed by atoms with Gasteiger partial charge in [-0.2, -0.15) is 0 Å². The smallest absolute Gasteiger partial charge is 0.313 e. The largest absolute Gasteiger partial charge is 0.494 e. The van der Waals surface area contributed by atoms with Gasteiger partial charge in [-0.3, -0.25) is 9.59 Å². The zero-order valence-corrected chi connectivity index (χ0v) is 16.0. The maximum atomic E-state index is 13.1. The number of benzene rings is 2. The summed E-state index contributed by atoms with van der Waals surface area (Å²) in [5.74, 6) is 0.220. The number of hydrogen-bond donors (Lipinski definition) is 0. The molecule has 0 N–H and O–H groups in total. The Morgan fingerprint density at radius 2 is 1.81 bits per heavy atom. The predicted molar refractivity (Wildman–Crippen MR) is 104 cm³/mol. The molecule has 2 aromatic carbocycles. The Balaban J connectivity index is 1.84. The summed E-state index contributed by atoms with van der Waals surface area (Å²) in [5.41, 5.74) is 2.58. The second-order valence-electron chi connectivity index (χ2n) is 6.74. The van der Waals surface area contributed by atoms with E-state index in [1.54, 1.807) is 0 Å². The zero-order chi connectivity index (χ0) is 19.4. The van der Waals surface area contributed by atoms with Crippen molar-refractivity contribution in [1.82, 2.24) is 0 Å². The number of methoxy groups -OCH3 is 1. The van der Waals surface area contributed by atoms with E-state index >= 15 is 0 Å². The van der Waals surface area contributed by atoms with Crippen LogP contribution in [0.4, 0.5) is 5.69 Å². The lowest BCUT2D eigenvalue weighted by atomic mass is 9.85. The van der Waals surface area contributed by atoms with Gasteiger partial charge in [0.25, 0.3) is 0 Å². The highest BCUT2D eigenvalue weighted by Crippen LogP contribution is 2.39. The van der Waals surface area contributed by atoms with Gasteiger partial charge in [0.2, 0.25) is 5.91 Å². The van der Waals surface area contributed by atoms with Crippen LogP contribution in [0.2, 0.25) is 0 Å². The lowest BCUT2D eigenvalue weighted by Crippen LogP contribution is -2.45. The molecule has 5 heteroatoms. The molecule has 1 aliphatic heterocycles. The third kappa shape index (κ3) is 3.97. The molecule has 2 aromatic rings. The molecule has 0 radical (unpaired) electrons. The number of nitrogens with zero attached hydrogens (tertiary/aromatic N) is 1. The molecule has 1 heterocycles. The van der Waals surface area contributed by atoms with E-state index in [9.17, 15) is 9.59 Å². The van der Waals surface area contributed by atoms with Crippen molar-refractivity contribution in [3.05, 3.63) is 59.7 Å². The van der Waals surface area contributed by atoms with Crippen molar-refractivity contribution >= 4 is 17.6 Å². The Bertz CT molecular complexity index is 815. The first-order valence-electron chi connectivity index (χ1n) is 9.25. The van der Waals surface area contributed by atoms with Crippen LogP contribution in [0.15, 0.2) is 48.5 Å². The van der Waals surface area contributed by atoms with Crippen molar-refractivity contribution in [3.63, 3.8) is 0 Å². The molecule has 1 amide bonds. The van der Waals surface area contributed by atoms with Gasteiger partial charge in [-0.15, -0.1) is 0 Å². The standard InChI is InChI=1S/C22H25NO4/c1-4-27-17-11-9-16(10-12-17)14-21(24)23-15(2)13-19(22(25)26-3)18-7-5-6-8-20(18)23/h5-12,15,19H,4,13-14H2,1-3H3. The Morgan fingerprint density at radius 1 is 1.11 bits per heavy atom. The molecule has 2 unspecified atom stereocenters. The Morgan fingerprint density at radius 3 is 2.48 bits per heavy atom. The minimum atomic E-state index is -0.337. The van der Waals surface area contributed by atoms with Crippen molar-refractivity contribution < 1.29 is 19.1 Å². The molecule has 0 aliphatic carbocycles. The summed E-state index contributed by atoms with van der Waals surface area (Å²) in [7, 11) is 1.40. The van der Waals surface area contributed by atoms with E-state index in [0.29, 0.717) is 19.4 Å². The van der Waals surface area contributed by atoms with E-state index < -0.39 is 0 Å². The van der Waals surface area contributed by atoms with Gasteiger partial charge in [0.15, 0.2) is 0 Å². The second kappa shape index (κ2) is 8.25. The maximum absolute atomic E-state index is 13.1. The molecule has 142 valence electrons. The van der Waals surface area contributed by atoms with Crippen LogP contribution >= 0.6 is 0 Å². The highest BCUT2D eigenvalue weighted by molar-refractivity contribution is 5.98. The molecular formula is C22H25NO4. The number of fused-ring (bicyclic) bond motifs is 1. The van der Waals surface area contributed by atoms with Crippen LogP contribution in [0.25, 0.3) is 0 Å². The van der Waals surface area contributed by atoms with Gasteiger partial charge in [0.05, 0.1) is 26.1 Å². The van der Waals surface area contributed by atoms with Crippen LogP contribution in [0, 0.1) is 0 Å². The number of para-hydroxylation sites is 1. The number of amides is 1. The predicted octanol–water partition coefficient (Wildman–Crippen LogP) is 3.71. The number of anilines is 1. The third-order valence-corrected chi connectivity index (χ3v) is 4.93. The third-order valence-electron chi connectivity index (χ3n) is 4.93. The van der Waals surface area contributed by atoms with Crippen molar-refractivity contribution in [2.45, 2.75) is 38.6 Å². The fourth-order valence-corrected chi connectivity index (χ4v) is 3.69. The van der Waals surface area contributed by atoms with Gasteiger partial charge < -0.3 is 14.4 Å². The molecule has 0 spiro atoms. The van der Waals surface area contributed by atoms with Crippen LogP contribution in [-0.2, 0) is 20.7 Å². The van der Waals surface area contributed by atoms with E-state index in [2.05, 4.69) is 0 Å². The van der Waals surface area contributed by atoms with Crippen molar-refractivity contribution in [2.24, 2.45) is 0 Å². The lowest BCUT2D eigenvalue weighted by Gasteiger charge is -2.38. The van der Waals surface area contributed by atoms with Gasteiger partial charge in [0.1, 0.15) is 5.75 Å². The summed E-state index contributed by atoms with van der Waals surface area (Å²) in [5, 5.41) is 0. The Labute approximate surface area is 159 Å². The summed E-state index contributed by atoms with van der Waals surface area (Å²) in [6, 6.07) is 15.1. The fourth-order valence-electron chi connectivity index (χ4n) is 3.69. The minimum Gasteiger partial charge on any atom is -0.494 e. The second-order valence-corrected chi connectivity index (χ2v) is 6.74. The average Bonchev–Trinajstić information content (AvgIpc) is 2.68. The SMILES string of the molecule is CCOc1ccc(CC(=O)N2c3ccccc3C(C(=O)OC)CC2C)cc1. The number of esters is 1. The number of hydrogen-bond acceptors (Lipinski definition) is 4. The molecule has 3 rings (SSSR count). The van der Waals surface area contributed by atoms with Crippen LogP contribution in [0.1, 0.15) is 37.3 Å². The van der Waals surface area contributed by atoms with Crippen molar-refractivity contribution in [1.29, 1.82) is 0 Å². The van der Waals surface area contributed by atoms with Gasteiger partial charge >= 0.3 is 5.97 Å². The molecule has 0 saturated carbocycles. The molecule has 1 aliphatic rings. The molecule has 27 heavy (non-hydrogen) atoms. The van der Waals surface area contributed by atoms with E-state index in [4.69, 9.17) is 9.47 Å². The van der Waals surface area contributed by atoms with Gasteiger partial charge in [-0.1, -0.05) is 30.3 Å². The highest BCUT2D eigenvalue weighted by atomic mass is 16.5. The fraction of sp³-hybridized carbons (Fsp3) is 0.364. The maximum Gasteiger partial charge on any atom is 0.313 e. The molecule has 0 fully saturated rings. The highest BCUT2D eigenvalue weighted by Gasteiger charge is 2.37. The number of carbonyl (C=O) groups excluding carboxylic acids is 2. The Hall–Kier alpha value is -2.82. The van der Waals surface area contributed by atoms with E-state index in [1.807, 2.05) is 67.3 Å². The number of rotatable bonds is 5. The topological polar surface area (TPSA) is 55.8 Å². The lowest BCUT2D eigenvalue weighted by molar-refractivity contribution is -0.143.